The van der Waals surface area contributed by atoms with Gasteiger partial charge in [-0.3, -0.25) is 4.79 Å². The number of carbonyl (C=O) groups excluding carboxylic acids is 1. The van der Waals surface area contributed by atoms with Crippen molar-refractivity contribution in [1.29, 1.82) is 0 Å². The maximum Gasteiger partial charge on any atom is 0.246 e. The molecule has 2 rings (SSSR count). The Hall–Kier alpha value is -0.920. The van der Waals surface area contributed by atoms with E-state index < -0.39 is 6.04 Å². The SMILES string of the molecule is NC(C(=O)Nc1cccc(I)c1)c1cccs1. The van der Waals surface area contributed by atoms with Gasteiger partial charge in [0.25, 0.3) is 0 Å². The van der Waals surface area contributed by atoms with Gasteiger partial charge >= 0.3 is 0 Å². The molecular formula is C12H11IN2OS. The lowest BCUT2D eigenvalue weighted by molar-refractivity contribution is -0.117. The van der Waals surface area contributed by atoms with Gasteiger partial charge < -0.3 is 11.1 Å². The van der Waals surface area contributed by atoms with Crippen LogP contribution in [0.1, 0.15) is 10.9 Å². The Morgan fingerprint density at radius 1 is 1.35 bits per heavy atom. The molecule has 88 valence electrons. The zero-order valence-electron chi connectivity index (χ0n) is 8.89. The largest absolute Gasteiger partial charge is 0.324 e. The van der Waals surface area contributed by atoms with E-state index in [1.165, 1.54) is 11.3 Å². The zero-order valence-corrected chi connectivity index (χ0v) is 11.9. The molecule has 1 atom stereocenters. The third kappa shape index (κ3) is 3.27. The molecule has 1 amide bonds. The monoisotopic (exact) mass is 358 g/mol. The van der Waals surface area contributed by atoms with E-state index in [0.29, 0.717) is 0 Å². The van der Waals surface area contributed by atoms with Crippen molar-refractivity contribution in [3.05, 3.63) is 50.2 Å². The molecule has 17 heavy (non-hydrogen) atoms. The summed E-state index contributed by atoms with van der Waals surface area (Å²) in [5.41, 5.74) is 6.64. The van der Waals surface area contributed by atoms with Crippen LogP contribution >= 0.6 is 33.9 Å². The van der Waals surface area contributed by atoms with E-state index in [4.69, 9.17) is 5.73 Å². The highest BCUT2D eigenvalue weighted by atomic mass is 127. The Bertz CT molecular complexity index is 513. The number of carbonyl (C=O) groups is 1. The number of anilines is 1. The first kappa shape index (κ1) is 12.5. The first-order chi connectivity index (χ1) is 8.16. The van der Waals surface area contributed by atoms with E-state index in [2.05, 4.69) is 27.9 Å². The van der Waals surface area contributed by atoms with Crippen LogP contribution in [0.5, 0.6) is 0 Å². The van der Waals surface area contributed by atoms with Gasteiger partial charge in [-0.05, 0) is 52.2 Å². The van der Waals surface area contributed by atoms with E-state index in [1.807, 2.05) is 41.8 Å². The van der Waals surface area contributed by atoms with Crippen molar-refractivity contribution < 1.29 is 4.79 Å². The fraction of sp³-hybridized carbons (Fsp3) is 0.0833. The minimum Gasteiger partial charge on any atom is -0.324 e. The highest BCUT2D eigenvalue weighted by Gasteiger charge is 2.16. The van der Waals surface area contributed by atoms with Gasteiger partial charge in [-0.15, -0.1) is 11.3 Å². The molecule has 0 spiro atoms. The van der Waals surface area contributed by atoms with E-state index in [1.54, 1.807) is 0 Å². The fourth-order valence-electron chi connectivity index (χ4n) is 1.38. The van der Waals surface area contributed by atoms with Crippen LogP contribution in [-0.2, 0) is 4.79 Å². The maximum absolute atomic E-state index is 11.9. The number of amides is 1. The first-order valence-electron chi connectivity index (χ1n) is 5.02. The molecule has 0 aliphatic heterocycles. The number of nitrogens with one attached hydrogen (secondary N) is 1. The molecule has 0 saturated carbocycles. The van der Waals surface area contributed by atoms with Crippen molar-refractivity contribution in [3.63, 3.8) is 0 Å². The van der Waals surface area contributed by atoms with Crippen LogP contribution < -0.4 is 11.1 Å². The summed E-state index contributed by atoms with van der Waals surface area (Å²) in [6, 6.07) is 10.8. The standard InChI is InChI=1S/C12H11IN2OS/c13-8-3-1-4-9(7-8)15-12(16)11(14)10-5-2-6-17-10/h1-7,11H,14H2,(H,15,16). The molecule has 3 N–H and O–H groups in total. The Balaban J connectivity index is 2.07. The van der Waals surface area contributed by atoms with Crippen LogP contribution in [0.4, 0.5) is 5.69 Å². The number of hydrogen-bond acceptors (Lipinski definition) is 3. The van der Waals surface area contributed by atoms with Crippen LogP contribution in [0, 0.1) is 3.57 Å². The van der Waals surface area contributed by atoms with E-state index in [-0.39, 0.29) is 5.91 Å². The van der Waals surface area contributed by atoms with Crippen LogP contribution in [-0.4, -0.2) is 5.91 Å². The van der Waals surface area contributed by atoms with Gasteiger partial charge in [-0.1, -0.05) is 12.1 Å². The van der Waals surface area contributed by atoms with Crippen molar-refractivity contribution in [1.82, 2.24) is 0 Å². The van der Waals surface area contributed by atoms with Crippen LogP contribution in [0.3, 0.4) is 0 Å². The normalized spacial score (nSPS) is 12.1. The van der Waals surface area contributed by atoms with Crippen molar-refractivity contribution in [2.75, 3.05) is 5.32 Å². The van der Waals surface area contributed by atoms with Gasteiger partial charge in [0.2, 0.25) is 5.91 Å². The average molecular weight is 358 g/mol. The zero-order chi connectivity index (χ0) is 12.3. The molecule has 0 bridgehead atoms. The average Bonchev–Trinajstić information content (AvgIpc) is 2.81. The highest BCUT2D eigenvalue weighted by molar-refractivity contribution is 14.1. The van der Waals surface area contributed by atoms with Crippen LogP contribution in [0.2, 0.25) is 0 Å². The lowest BCUT2D eigenvalue weighted by Crippen LogP contribution is -2.26. The minimum absolute atomic E-state index is 0.186. The lowest BCUT2D eigenvalue weighted by atomic mass is 10.2. The summed E-state index contributed by atoms with van der Waals surface area (Å²) in [5.74, 6) is -0.186. The van der Waals surface area contributed by atoms with Crippen LogP contribution in [0.25, 0.3) is 0 Å². The summed E-state index contributed by atoms with van der Waals surface area (Å²) in [6.07, 6.45) is 0. The van der Waals surface area contributed by atoms with Crippen molar-refractivity contribution in [2.24, 2.45) is 5.73 Å². The number of thiophene rings is 1. The topological polar surface area (TPSA) is 55.1 Å². The smallest absolute Gasteiger partial charge is 0.246 e. The van der Waals surface area contributed by atoms with Gasteiger partial charge in [-0.25, -0.2) is 0 Å². The molecular weight excluding hydrogens is 347 g/mol. The molecule has 2 aromatic rings. The Kier molecular flexibility index (Phi) is 4.14. The first-order valence-corrected chi connectivity index (χ1v) is 6.98. The quantitative estimate of drug-likeness (QED) is 0.829. The second-order valence-electron chi connectivity index (χ2n) is 3.49. The minimum atomic E-state index is -0.604. The highest BCUT2D eigenvalue weighted by Crippen LogP contribution is 2.19. The molecule has 5 heteroatoms. The molecule has 1 aromatic carbocycles. The van der Waals surface area contributed by atoms with Gasteiger partial charge in [0.15, 0.2) is 0 Å². The van der Waals surface area contributed by atoms with E-state index >= 15 is 0 Å². The van der Waals surface area contributed by atoms with Gasteiger partial charge in [-0.2, -0.15) is 0 Å². The van der Waals surface area contributed by atoms with Gasteiger partial charge in [0, 0.05) is 14.1 Å². The van der Waals surface area contributed by atoms with E-state index in [0.717, 1.165) is 14.1 Å². The van der Waals surface area contributed by atoms with Crippen molar-refractivity contribution in [3.8, 4) is 0 Å². The van der Waals surface area contributed by atoms with Crippen molar-refractivity contribution in [2.45, 2.75) is 6.04 Å². The Morgan fingerprint density at radius 3 is 2.82 bits per heavy atom. The number of halogens is 1. The third-order valence-electron chi connectivity index (χ3n) is 2.22. The second kappa shape index (κ2) is 5.61. The molecule has 0 aliphatic carbocycles. The van der Waals surface area contributed by atoms with Gasteiger partial charge in [0.1, 0.15) is 6.04 Å². The summed E-state index contributed by atoms with van der Waals surface area (Å²) >= 11 is 3.69. The summed E-state index contributed by atoms with van der Waals surface area (Å²) in [7, 11) is 0. The van der Waals surface area contributed by atoms with Crippen LogP contribution in [0.15, 0.2) is 41.8 Å². The molecule has 0 fully saturated rings. The fourth-order valence-corrected chi connectivity index (χ4v) is 2.65. The van der Waals surface area contributed by atoms with Crippen molar-refractivity contribution >= 4 is 45.5 Å². The molecule has 1 heterocycles. The maximum atomic E-state index is 11.9. The predicted molar refractivity (Wildman–Crippen MR) is 79.0 cm³/mol. The number of hydrogen-bond donors (Lipinski definition) is 2. The number of benzene rings is 1. The lowest BCUT2D eigenvalue weighted by Gasteiger charge is -2.10. The predicted octanol–water partition coefficient (Wildman–Crippen LogP) is 2.99. The molecule has 0 radical (unpaired) electrons. The summed E-state index contributed by atoms with van der Waals surface area (Å²) in [4.78, 5) is 12.8. The second-order valence-corrected chi connectivity index (χ2v) is 5.72. The van der Waals surface area contributed by atoms with Gasteiger partial charge in [0.05, 0.1) is 0 Å². The molecule has 1 unspecified atom stereocenters. The molecule has 3 nitrogen and oxygen atoms in total. The molecule has 0 aliphatic rings. The number of rotatable bonds is 3. The Labute approximate surface area is 117 Å². The molecule has 1 aromatic heterocycles. The van der Waals surface area contributed by atoms with E-state index in [9.17, 15) is 4.79 Å². The third-order valence-corrected chi connectivity index (χ3v) is 3.85. The Morgan fingerprint density at radius 2 is 2.18 bits per heavy atom. The number of nitrogens with two attached hydrogens (primary N) is 1. The molecule has 0 saturated heterocycles. The summed E-state index contributed by atoms with van der Waals surface area (Å²) < 4.78 is 1.07. The summed E-state index contributed by atoms with van der Waals surface area (Å²) in [6.45, 7) is 0. The summed E-state index contributed by atoms with van der Waals surface area (Å²) in [5, 5.41) is 4.72.